The number of ether oxygens (including phenoxy) is 1. The van der Waals surface area contributed by atoms with Crippen molar-refractivity contribution >= 4 is 0 Å². The molecule has 5 heteroatoms. The van der Waals surface area contributed by atoms with Crippen molar-refractivity contribution in [3.05, 3.63) is 42.1 Å². The Morgan fingerprint density at radius 2 is 2.09 bits per heavy atom. The number of nitrogens with zero attached hydrogens (tertiary/aromatic N) is 3. The molecule has 0 bridgehead atoms. The summed E-state index contributed by atoms with van der Waals surface area (Å²) in [6.45, 7) is 5.61. The molecule has 0 spiro atoms. The van der Waals surface area contributed by atoms with Crippen LogP contribution in [0.5, 0.6) is 0 Å². The van der Waals surface area contributed by atoms with Crippen LogP contribution in [0.25, 0.3) is 0 Å². The predicted molar refractivity (Wildman–Crippen MR) is 82.1 cm³/mol. The van der Waals surface area contributed by atoms with Crippen LogP contribution in [0.3, 0.4) is 0 Å². The third-order valence-electron chi connectivity index (χ3n) is 4.53. The molecule has 1 saturated carbocycles. The molecule has 0 amide bonds. The molecule has 1 aliphatic heterocycles. The highest BCUT2D eigenvalue weighted by Gasteiger charge is 2.25. The zero-order chi connectivity index (χ0) is 14.8. The lowest BCUT2D eigenvalue weighted by Gasteiger charge is -2.23. The fourth-order valence-corrected chi connectivity index (χ4v) is 3.17. The van der Waals surface area contributed by atoms with Gasteiger partial charge in [0, 0.05) is 50.5 Å². The molecule has 118 valence electrons. The monoisotopic (exact) mass is 301 g/mol. The van der Waals surface area contributed by atoms with Gasteiger partial charge in [0.1, 0.15) is 0 Å². The first kappa shape index (κ1) is 14.0. The zero-order valence-electron chi connectivity index (χ0n) is 12.9. The van der Waals surface area contributed by atoms with Crippen LogP contribution in [0, 0.1) is 11.8 Å². The van der Waals surface area contributed by atoms with Crippen molar-refractivity contribution in [3.63, 3.8) is 0 Å². The minimum absolute atomic E-state index is 0.492. The molecule has 1 atom stereocenters. The minimum Gasteiger partial charge on any atom is -0.472 e. The molecule has 1 fully saturated rings. The fourth-order valence-electron chi connectivity index (χ4n) is 3.17. The molecule has 0 N–H and O–H groups in total. The van der Waals surface area contributed by atoms with E-state index in [9.17, 15) is 0 Å². The van der Waals surface area contributed by atoms with Crippen molar-refractivity contribution in [3.8, 4) is 0 Å². The van der Waals surface area contributed by atoms with E-state index in [2.05, 4.69) is 20.7 Å². The third-order valence-corrected chi connectivity index (χ3v) is 4.53. The van der Waals surface area contributed by atoms with Crippen LogP contribution in [0.2, 0.25) is 0 Å². The summed E-state index contributed by atoms with van der Waals surface area (Å²) < 4.78 is 13.3. The maximum Gasteiger partial charge on any atom is 0.0947 e. The van der Waals surface area contributed by atoms with Crippen LogP contribution in [-0.4, -0.2) is 34.4 Å². The average molecular weight is 301 g/mol. The molecular formula is C17H23N3O2. The number of aromatic nitrogens is 2. The highest BCUT2D eigenvalue weighted by molar-refractivity contribution is 5.07. The second kappa shape index (κ2) is 6.26. The van der Waals surface area contributed by atoms with Crippen LogP contribution < -0.4 is 0 Å². The van der Waals surface area contributed by atoms with Crippen LogP contribution in [0.1, 0.15) is 24.1 Å². The van der Waals surface area contributed by atoms with Crippen molar-refractivity contribution in [1.82, 2.24) is 14.7 Å². The summed E-state index contributed by atoms with van der Waals surface area (Å²) in [5.41, 5.74) is 2.51. The van der Waals surface area contributed by atoms with E-state index in [1.165, 1.54) is 24.1 Å². The molecule has 0 aromatic carbocycles. The van der Waals surface area contributed by atoms with Gasteiger partial charge in [0.05, 0.1) is 24.8 Å². The Balaban J connectivity index is 1.42. The SMILES string of the molecule is c1cc2n(n1)CC(COCC1CC1)CN(Cc1ccoc1)C2. The molecule has 2 aromatic rings. The van der Waals surface area contributed by atoms with Gasteiger partial charge in [0.15, 0.2) is 0 Å². The lowest BCUT2D eigenvalue weighted by molar-refractivity contribution is 0.0696. The van der Waals surface area contributed by atoms with Gasteiger partial charge in [0.2, 0.25) is 0 Å². The van der Waals surface area contributed by atoms with Gasteiger partial charge in [-0.3, -0.25) is 9.58 Å². The molecule has 0 saturated heterocycles. The van der Waals surface area contributed by atoms with Gasteiger partial charge < -0.3 is 9.15 Å². The van der Waals surface area contributed by atoms with Crippen molar-refractivity contribution in [2.24, 2.45) is 11.8 Å². The number of rotatable bonds is 6. The van der Waals surface area contributed by atoms with E-state index in [1.807, 2.05) is 18.5 Å². The lowest BCUT2D eigenvalue weighted by atomic mass is 10.1. The number of hydrogen-bond donors (Lipinski definition) is 0. The van der Waals surface area contributed by atoms with Crippen molar-refractivity contribution in [1.29, 1.82) is 0 Å². The van der Waals surface area contributed by atoms with Crippen molar-refractivity contribution < 1.29 is 9.15 Å². The van der Waals surface area contributed by atoms with E-state index >= 15 is 0 Å². The summed E-state index contributed by atoms with van der Waals surface area (Å²) in [4.78, 5) is 2.47. The first-order valence-electron chi connectivity index (χ1n) is 8.18. The molecule has 1 aliphatic carbocycles. The molecule has 5 nitrogen and oxygen atoms in total. The zero-order valence-corrected chi connectivity index (χ0v) is 12.9. The van der Waals surface area contributed by atoms with Crippen LogP contribution in [0.4, 0.5) is 0 Å². The van der Waals surface area contributed by atoms with Gasteiger partial charge in [-0.1, -0.05) is 0 Å². The van der Waals surface area contributed by atoms with Crippen molar-refractivity contribution in [2.75, 3.05) is 19.8 Å². The maximum atomic E-state index is 5.94. The number of furan rings is 1. The second-order valence-corrected chi connectivity index (χ2v) is 6.65. The largest absolute Gasteiger partial charge is 0.472 e. The Morgan fingerprint density at radius 3 is 2.91 bits per heavy atom. The Kier molecular flexibility index (Phi) is 3.99. The third kappa shape index (κ3) is 3.42. The van der Waals surface area contributed by atoms with E-state index in [0.717, 1.165) is 45.3 Å². The quantitative estimate of drug-likeness (QED) is 0.822. The molecule has 2 aliphatic rings. The first-order chi connectivity index (χ1) is 10.9. The molecule has 2 aromatic heterocycles. The Hall–Kier alpha value is -1.59. The Morgan fingerprint density at radius 1 is 1.18 bits per heavy atom. The van der Waals surface area contributed by atoms with E-state index in [4.69, 9.17) is 9.15 Å². The van der Waals surface area contributed by atoms with Gasteiger partial charge >= 0.3 is 0 Å². The van der Waals surface area contributed by atoms with Gasteiger partial charge in [-0.25, -0.2) is 0 Å². The summed E-state index contributed by atoms with van der Waals surface area (Å²) in [5, 5.41) is 4.47. The van der Waals surface area contributed by atoms with Crippen LogP contribution in [-0.2, 0) is 24.4 Å². The Bertz CT molecular complexity index is 589. The Labute approximate surface area is 130 Å². The molecule has 3 heterocycles. The molecule has 0 radical (unpaired) electrons. The smallest absolute Gasteiger partial charge is 0.0947 e. The highest BCUT2D eigenvalue weighted by Crippen LogP contribution is 2.29. The fraction of sp³-hybridized carbons (Fsp3) is 0.588. The minimum atomic E-state index is 0.492. The molecular weight excluding hydrogens is 278 g/mol. The highest BCUT2D eigenvalue weighted by atomic mass is 16.5. The topological polar surface area (TPSA) is 43.4 Å². The van der Waals surface area contributed by atoms with Crippen LogP contribution in [0.15, 0.2) is 35.3 Å². The first-order valence-corrected chi connectivity index (χ1v) is 8.18. The summed E-state index contributed by atoms with van der Waals surface area (Å²) >= 11 is 0. The van der Waals surface area contributed by atoms with E-state index < -0.39 is 0 Å². The summed E-state index contributed by atoms with van der Waals surface area (Å²) in [5.74, 6) is 1.32. The van der Waals surface area contributed by atoms with Gasteiger partial charge in [-0.2, -0.15) is 5.10 Å². The van der Waals surface area contributed by atoms with Crippen molar-refractivity contribution in [2.45, 2.75) is 32.5 Å². The lowest BCUT2D eigenvalue weighted by Crippen LogP contribution is -2.30. The number of fused-ring (bicyclic) bond motifs is 1. The normalized spacial score (nSPS) is 22.5. The number of hydrogen-bond acceptors (Lipinski definition) is 4. The molecule has 22 heavy (non-hydrogen) atoms. The summed E-state index contributed by atoms with van der Waals surface area (Å²) in [7, 11) is 0. The summed E-state index contributed by atoms with van der Waals surface area (Å²) in [6, 6.07) is 4.16. The van der Waals surface area contributed by atoms with E-state index in [1.54, 1.807) is 6.26 Å². The van der Waals surface area contributed by atoms with E-state index in [0.29, 0.717) is 5.92 Å². The van der Waals surface area contributed by atoms with Gasteiger partial charge in [0.25, 0.3) is 0 Å². The van der Waals surface area contributed by atoms with Gasteiger partial charge in [-0.15, -0.1) is 0 Å². The average Bonchev–Trinajstić information content (AvgIpc) is 3.06. The van der Waals surface area contributed by atoms with Crippen LogP contribution >= 0.6 is 0 Å². The second-order valence-electron chi connectivity index (χ2n) is 6.65. The van der Waals surface area contributed by atoms with E-state index in [-0.39, 0.29) is 0 Å². The summed E-state index contributed by atoms with van der Waals surface area (Å²) in [6.07, 6.45) is 8.17. The molecule has 4 rings (SSSR count). The predicted octanol–water partition coefficient (Wildman–Crippen LogP) is 2.53. The molecule has 1 unspecified atom stereocenters. The standard InChI is InChI=1S/C17H23N3O2/c1-2-14(1)11-22-13-16-8-19(7-15-4-6-21-12-15)10-17-3-5-18-20(17)9-16/h3-6,12,14,16H,1-2,7-11,13H2. The van der Waals surface area contributed by atoms with Gasteiger partial charge in [-0.05, 0) is 30.9 Å². The maximum absolute atomic E-state index is 5.94.